The Balaban J connectivity index is 2.02. The van der Waals surface area contributed by atoms with Crippen LogP contribution >= 0.6 is 0 Å². The summed E-state index contributed by atoms with van der Waals surface area (Å²) in [5.41, 5.74) is -4.11. The molecule has 1 aliphatic rings. The van der Waals surface area contributed by atoms with E-state index in [0.717, 1.165) is 21.6 Å². The first-order chi connectivity index (χ1) is 17.1. The molecule has 0 saturated heterocycles. The maximum Gasteiger partial charge on any atom is 0.421 e. The number of benzene rings is 2. The summed E-state index contributed by atoms with van der Waals surface area (Å²) in [6.07, 6.45) is -6.83. The largest absolute Gasteiger partial charge is 0.465 e. The number of amides is 2. The molecule has 9 nitrogen and oxygen atoms in total. The average Bonchev–Trinajstić information content (AvgIpc) is 3.15. The number of rotatable bonds is 3. The molecule has 2 amide bonds. The number of carboxylic acid groups (broad SMARTS) is 1. The fraction of sp³-hybridized carbons (Fsp3) is 0.304. The van der Waals surface area contributed by atoms with Crippen LogP contribution in [0, 0.1) is 11.6 Å². The summed E-state index contributed by atoms with van der Waals surface area (Å²) < 4.78 is 72.4. The van der Waals surface area contributed by atoms with Crippen LogP contribution in [-0.4, -0.2) is 58.7 Å². The molecule has 2 aromatic carbocycles. The first-order valence-electron chi connectivity index (χ1n) is 10.8. The van der Waals surface area contributed by atoms with E-state index in [4.69, 9.17) is 5.11 Å². The summed E-state index contributed by atoms with van der Waals surface area (Å²) in [5.74, 6) is -3.39. The third-order valence-corrected chi connectivity index (χ3v) is 6.00. The van der Waals surface area contributed by atoms with E-state index >= 15 is 4.39 Å². The third kappa shape index (κ3) is 4.42. The van der Waals surface area contributed by atoms with E-state index in [-0.39, 0.29) is 29.4 Å². The summed E-state index contributed by atoms with van der Waals surface area (Å²) in [6.45, 7) is 1.50. The maximum absolute atomic E-state index is 15.3. The van der Waals surface area contributed by atoms with Crippen LogP contribution in [0.4, 0.5) is 32.7 Å². The lowest BCUT2D eigenvalue weighted by molar-refractivity contribution is -0.138. The Bertz CT molecular complexity index is 1470. The lowest BCUT2D eigenvalue weighted by atomic mass is 9.87. The first-order valence-corrected chi connectivity index (χ1v) is 10.8. The number of carbonyl (C=O) groups excluding carboxylic acids is 1. The summed E-state index contributed by atoms with van der Waals surface area (Å²) >= 11 is 0. The summed E-state index contributed by atoms with van der Waals surface area (Å²) in [4.78, 5) is 34.6. The van der Waals surface area contributed by atoms with Crippen LogP contribution in [0.1, 0.15) is 24.5 Å². The Hall–Kier alpha value is -4.23. The highest BCUT2D eigenvalue weighted by Gasteiger charge is 2.40. The molecule has 4 rings (SSSR count). The zero-order valence-electron chi connectivity index (χ0n) is 20.0. The van der Waals surface area contributed by atoms with E-state index in [0.29, 0.717) is 6.07 Å². The fourth-order valence-corrected chi connectivity index (χ4v) is 4.20. The molecule has 1 aromatic heterocycles. The normalized spacial score (nSPS) is 18.2. The van der Waals surface area contributed by atoms with Crippen molar-refractivity contribution in [1.82, 2.24) is 19.8 Å². The Kier molecular flexibility index (Phi) is 6.08. The van der Waals surface area contributed by atoms with Gasteiger partial charge in [-0.1, -0.05) is 6.07 Å². The highest BCUT2D eigenvalue weighted by molar-refractivity contribution is 6.04. The number of halogens is 5. The van der Waals surface area contributed by atoms with Crippen LogP contribution in [0.15, 0.2) is 35.3 Å². The number of aromatic nitrogens is 2. The molecule has 2 heterocycles. The van der Waals surface area contributed by atoms with Gasteiger partial charge in [0.1, 0.15) is 17.2 Å². The predicted octanol–water partition coefficient (Wildman–Crippen LogP) is 4.09. The molecule has 0 spiro atoms. The van der Waals surface area contributed by atoms with Crippen molar-refractivity contribution >= 4 is 34.9 Å². The van der Waals surface area contributed by atoms with E-state index in [1.165, 1.54) is 45.1 Å². The van der Waals surface area contributed by atoms with Crippen LogP contribution in [0.2, 0.25) is 0 Å². The Morgan fingerprint density at radius 1 is 1.16 bits per heavy atom. The van der Waals surface area contributed by atoms with Crippen LogP contribution < -0.4 is 10.2 Å². The van der Waals surface area contributed by atoms with Crippen molar-refractivity contribution < 1.29 is 36.6 Å². The van der Waals surface area contributed by atoms with Gasteiger partial charge in [-0.05, 0) is 36.8 Å². The Labute approximate surface area is 206 Å². The van der Waals surface area contributed by atoms with Gasteiger partial charge in [-0.25, -0.2) is 23.6 Å². The van der Waals surface area contributed by atoms with E-state index < -0.39 is 52.1 Å². The molecule has 14 heteroatoms. The topological polar surface area (TPSA) is 103 Å². The monoisotopic (exact) mass is 524 g/mol. The summed E-state index contributed by atoms with van der Waals surface area (Å²) in [7, 11) is 4.28. The summed E-state index contributed by atoms with van der Waals surface area (Å²) in [5, 5.41) is 11.1. The van der Waals surface area contributed by atoms with Gasteiger partial charge in [0.25, 0.3) is 0 Å². The predicted molar refractivity (Wildman–Crippen MR) is 124 cm³/mol. The van der Waals surface area contributed by atoms with Gasteiger partial charge in [-0.3, -0.25) is 19.6 Å². The first kappa shape index (κ1) is 25.9. The molecule has 196 valence electrons. The SMILES string of the molecule is CN1C(=O)C[C@@](C)(c2ccc(F)c(-n3c(N(C)C)nc4ccc(F)c(C(F)(F)F)c43)c2)N=C1NC(=O)O. The smallest absolute Gasteiger partial charge is 0.421 e. The molecular weight excluding hydrogens is 503 g/mol. The maximum atomic E-state index is 15.3. The van der Waals surface area contributed by atoms with E-state index in [1.54, 1.807) is 0 Å². The average molecular weight is 524 g/mol. The molecule has 37 heavy (non-hydrogen) atoms. The fourth-order valence-electron chi connectivity index (χ4n) is 4.20. The molecule has 0 radical (unpaired) electrons. The third-order valence-electron chi connectivity index (χ3n) is 6.00. The van der Waals surface area contributed by atoms with Crippen molar-refractivity contribution in [2.75, 3.05) is 26.0 Å². The van der Waals surface area contributed by atoms with Crippen molar-refractivity contribution in [3.8, 4) is 5.69 Å². The minimum atomic E-state index is -5.12. The van der Waals surface area contributed by atoms with Crippen LogP contribution in [0.3, 0.4) is 0 Å². The van der Waals surface area contributed by atoms with Crippen LogP contribution in [-0.2, 0) is 16.5 Å². The number of nitrogens with zero attached hydrogens (tertiary/aromatic N) is 5. The second-order valence-corrected chi connectivity index (χ2v) is 8.86. The second-order valence-electron chi connectivity index (χ2n) is 8.86. The molecule has 1 aliphatic heterocycles. The number of nitrogens with one attached hydrogen (secondary N) is 1. The molecule has 0 saturated carbocycles. The zero-order valence-corrected chi connectivity index (χ0v) is 20.0. The molecule has 0 aliphatic carbocycles. The van der Waals surface area contributed by atoms with Gasteiger partial charge in [-0.2, -0.15) is 13.2 Å². The highest BCUT2D eigenvalue weighted by Crippen LogP contribution is 2.41. The van der Waals surface area contributed by atoms with Crippen LogP contribution in [0.5, 0.6) is 0 Å². The number of guanidine groups is 1. The number of aliphatic imine (C=N–C) groups is 1. The highest BCUT2D eigenvalue weighted by atomic mass is 19.4. The van der Waals surface area contributed by atoms with Crippen molar-refractivity contribution in [2.45, 2.75) is 25.1 Å². The number of anilines is 1. The number of imidazole rings is 1. The van der Waals surface area contributed by atoms with Gasteiger partial charge >= 0.3 is 12.3 Å². The Morgan fingerprint density at radius 3 is 2.41 bits per heavy atom. The van der Waals surface area contributed by atoms with Gasteiger partial charge in [-0.15, -0.1) is 0 Å². The number of hydrogen-bond donors (Lipinski definition) is 2. The van der Waals surface area contributed by atoms with E-state index in [1.807, 2.05) is 5.32 Å². The lowest BCUT2D eigenvalue weighted by Gasteiger charge is -2.35. The zero-order chi connectivity index (χ0) is 27.4. The van der Waals surface area contributed by atoms with Crippen molar-refractivity contribution in [3.05, 3.63) is 53.1 Å². The van der Waals surface area contributed by atoms with Crippen molar-refractivity contribution in [3.63, 3.8) is 0 Å². The number of alkyl halides is 3. The van der Waals surface area contributed by atoms with Gasteiger partial charge in [0, 0.05) is 21.1 Å². The van der Waals surface area contributed by atoms with Crippen molar-refractivity contribution in [2.24, 2.45) is 4.99 Å². The molecule has 3 aromatic rings. The lowest BCUT2D eigenvalue weighted by Crippen LogP contribution is -2.51. The van der Waals surface area contributed by atoms with E-state index in [2.05, 4.69) is 9.98 Å². The Morgan fingerprint density at radius 2 is 1.81 bits per heavy atom. The van der Waals surface area contributed by atoms with Crippen LogP contribution in [0.25, 0.3) is 16.7 Å². The molecule has 1 atom stereocenters. The van der Waals surface area contributed by atoms with E-state index in [9.17, 15) is 27.2 Å². The molecular formula is C23H21F5N6O3. The molecule has 0 unspecified atom stereocenters. The second kappa shape index (κ2) is 8.71. The molecule has 2 N–H and O–H groups in total. The summed E-state index contributed by atoms with van der Waals surface area (Å²) in [6, 6.07) is 5.17. The van der Waals surface area contributed by atoms with Gasteiger partial charge in [0.15, 0.2) is 0 Å². The quantitative estimate of drug-likeness (QED) is 0.503. The van der Waals surface area contributed by atoms with Gasteiger partial charge in [0.05, 0.1) is 28.7 Å². The van der Waals surface area contributed by atoms with Gasteiger partial charge < -0.3 is 10.0 Å². The van der Waals surface area contributed by atoms with Crippen molar-refractivity contribution in [1.29, 1.82) is 0 Å². The number of fused-ring (bicyclic) bond motifs is 1. The number of carbonyl (C=O) groups is 2. The molecule has 0 bridgehead atoms. The number of hydrogen-bond acceptors (Lipinski definition) is 5. The minimum Gasteiger partial charge on any atom is -0.465 e. The standard InChI is InChI=1S/C23H21F5N6O3/c1-22(10-16(35)33(4)19(31-22)30-21(36)37)11-5-6-12(24)15(9-11)34-18-14(29-20(34)32(2)3)8-7-13(25)17(18)23(26,27)28/h5-9H,10H2,1-4H3,(H,30,31)(H,36,37)/t22-/m0/s1. The minimum absolute atomic E-state index is 0.108. The molecule has 0 fully saturated rings. The van der Waals surface area contributed by atoms with Gasteiger partial charge in [0.2, 0.25) is 17.8 Å².